The second-order valence-electron chi connectivity index (χ2n) is 6.63. The second kappa shape index (κ2) is 11.7. The standard InChI is InChI=1S/C20H34N2O3/c1-5-7-9-12-21-19(23)11-14-22(13-10-8-6-2)20(24)18-15-16(3)25-17(18)4/h15H,5-14H2,1-4H3,(H,21,23). The van der Waals surface area contributed by atoms with Crippen LogP contribution in [-0.4, -0.2) is 36.3 Å². The quantitative estimate of drug-likeness (QED) is 0.574. The summed E-state index contributed by atoms with van der Waals surface area (Å²) in [6.07, 6.45) is 6.76. The van der Waals surface area contributed by atoms with E-state index in [2.05, 4.69) is 19.2 Å². The number of carbonyl (C=O) groups excluding carboxylic acids is 2. The zero-order chi connectivity index (χ0) is 18.7. The first-order valence-corrected chi connectivity index (χ1v) is 9.62. The monoisotopic (exact) mass is 350 g/mol. The van der Waals surface area contributed by atoms with Gasteiger partial charge in [0, 0.05) is 26.1 Å². The van der Waals surface area contributed by atoms with Crippen LogP contribution in [0.25, 0.3) is 0 Å². The summed E-state index contributed by atoms with van der Waals surface area (Å²) in [6, 6.07) is 1.79. The first kappa shape index (κ1) is 21.3. The van der Waals surface area contributed by atoms with Crippen LogP contribution in [0.5, 0.6) is 0 Å². The molecule has 0 unspecified atom stereocenters. The van der Waals surface area contributed by atoms with Crippen LogP contribution in [0.4, 0.5) is 0 Å². The minimum absolute atomic E-state index is 0.0180. The average Bonchev–Trinajstić information content (AvgIpc) is 2.92. The van der Waals surface area contributed by atoms with Crippen LogP contribution >= 0.6 is 0 Å². The third kappa shape index (κ3) is 7.76. The van der Waals surface area contributed by atoms with Crippen molar-refractivity contribution >= 4 is 11.8 Å². The molecule has 1 rings (SSSR count). The van der Waals surface area contributed by atoms with E-state index < -0.39 is 0 Å². The van der Waals surface area contributed by atoms with Crippen LogP contribution in [0.3, 0.4) is 0 Å². The fourth-order valence-electron chi connectivity index (χ4n) is 2.81. The largest absolute Gasteiger partial charge is 0.466 e. The zero-order valence-corrected chi connectivity index (χ0v) is 16.3. The van der Waals surface area contributed by atoms with E-state index in [-0.39, 0.29) is 11.8 Å². The van der Waals surface area contributed by atoms with Crippen molar-refractivity contribution in [1.82, 2.24) is 10.2 Å². The Morgan fingerprint density at radius 1 is 1.04 bits per heavy atom. The fourth-order valence-corrected chi connectivity index (χ4v) is 2.81. The number of carbonyl (C=O) groups is 2. The molecule has 5 nitrogen and oxygen atoms in total. The summed E-state index contributed by atoms with van der Waals surface area (Å²) in [7, 11) is 0. The Bertz CT molecular complexity index is 537. The lowest BCUT2D eigenvalue weighted by atomic mass is 10.1. The van der Waals surface area contributed by atoms with Gasteiger partial charge in [0.1, 0.15) is 11.5 Å². The number of rotatable bonds is 12. The Hall–Kier alpha value is -1.78. The highest BCUT2D eigenvalue weighted by atomic mass is 16.3. The van der Waals surface area contributed by atoms with Gasteiger partial charge in [0.2, 0.25) is 5.91 Å². The number of nitrogens with zero attached hydrogens (tertiary/aromatic N) is 1. The van der Waals surface area contributed by atoms with Gasteiger partial charge in [-0.25, -0.2) is 0 Å². The molecule has 0 radical (unpaired) electrons. The second-order valence-corrected chi connectivity index (χ2v) is 6.63. The fraction of sp³-hybridized carbons (Fsp3) is 0.700. The predicted molar refractivity (Wildman–Crippen MR) is 101 cm³/mol. The lowest BCUT2D eigenvalue weighted by Crippen LogP contribution is -2.36. The topological polar surface area (TPSA) is 62.6 Å². The van der Waals surface area contributed by atoms with Crippen LogP contribution < -0.4 is 5.32 Å². The molecular formula is C20H34N2O3. The van der Waals surface area contributed by atoms with Crippen LogP contribution in [0.1, 0.15) is 80.7 Å². The molecule has 0 saturated heterocycles. The molecule has 1 aromatic heterocycles. The lowest BCUT2D eigenvalue weighted by Gasteiger charge is -2.22. The Labute approximate surface area is 152 Å². The summed E-state index contributed by atoms with van der Waals surface area (Å²) in [5, 5.41) is 2.94. The minimum atomic E-state index is -0.0377. The third-order valence-corrected chi connectivity index (χ3v) is 4.30. The molecule has 1 heterocycles. The molecule has 0 fully saturated rings. The lowest BCUT2D eigenvalue weighted by molar-refractivity contribution is -0.121. The Balaban J connectivity index is 2.59. The molecule has 0 aliphatic carbocycles. The normalized spacial score (nSPS) is 10.7. The average molecular weight is 351 g/mol. The number of nitrogens with one attached hydrogen (secondary N) is 1. The molecule has 5 heteroatoms. The van der Waals surface area contributed by atoms with E-state index in [0.717, 1.165) is 50.8 Å². The molecule has 25 heavy (non-hydrogen) atoms. The van der Waals surface area contributed by atoms with E-state index in [1.54, 1.807) is 11.0 Å². The number of unbranched alkanes of at least 4 members (excludes halogenated alkanes) is 4. The Kier molecular flexibility index (Phi) is 9.97. The van der Waals surface area contributed by atoms with Crippen molar-refractivity contribution in [2.45, 2.75) is 72.6 Å². The van der Waals surface area contributed by atoms with Crippen molar-refractivity contribution in [2.24, 2.45) is 0 Å². The molecular weight excluding hydrogens is 316 g/mol. The van der Waals surface area contributed by atoms with Crippen molar-refractivity contribution in [2.75, 3.05) is 19.6 Å². The summed E-state index contributed by atoms with van der Waals surface area (Å²) < 4.78 is 5.49. The Morgan fingerprint density at radius 3 is 2.32 bits per heavy atom. The summed E-state index contributed by atoms with van der Waals surface area (Å²) in [5.41, 5.74) is 0.609. The van der Waals surface area contributed by atoms with Gasteiger partial charge in [-0.05, 0) is 32.8 Å². The van der Waals surface area contributed by atoms with Crippen LogP contribution in [0.2, 0.25) is 0 Å². The first-order chi connectivity index (χ1) is 12.0. The molecule has 0 aromatic carbocycles. The van der Waals surface area contributed by atoms with E-state index in [9.17, 15) is 9.59 Å². The van der Waals surface area contributed by atoms with Gasteiger partial charge < -0.3 is 14.6 Å². The van der Waals surface area contributed by atoms with Gasteiger partial charge in [-0.1, -0.05) is 39.5 Å². The van der Waals surface area contributed by atoms with Crippen molar-refractivity contribution in [3.05, 3.63) is 23.2 Å². The first-order valence-electron chi connectivity index (χ1n) is 9.62. The van der Waals surface area contributed by atoms with E-state index in [0.29, 0.717) is 30.8 Å². The van der Waals surface area contributed by atoms with Crippen molar-refractivity contribution in [1.29, 1.82) is 0 Å². The molecule has 2 amide bonds. The van der Waals surface area contributed by atoms with Crippen molar-refractivity contribution < 1.29 is 14.0 Å². The number of amides is 2. The predicted octanol–water partition coefficient (Wildman–Crippen LogP) is 4.23. The molecule has 0 aliphatic heterocycles. The highest BCUT2D eigenvalue weighted by molar-refractivity contribution is 5.95. The summed E-state index contributed by atoms with van der Waals surface area (Å²) in [4.78, 5) is 26.6. The van der Waals surface area contributed by atoms with Crippen LogP contribution in [0, 0.1) is 13.8 Å². The maximum absolute atomic E-state index is 12.8. The number of aryl methyl sites for hydroxylation is 2. The zero-order valence-electron chi connectivity index (χ0n) is 16.3. The molecule has 0 spiro atoms. The molecule has 0 aliphatic rings. The summed E-state index contributed by atoms with van der Waals surface area (Å²) >= 11 is 0. The molecule has 0 saturated carbocycles. The van der Waals surface area contributed by atoms with Crippen molar-refractivity contribution in [3.63, 3.8) is 0 Å². The summed E-state index contributed by atoms with van der Waals surface area (Å²) in [6.45, 7) is 9.78. The maximum Gasteiger partial charge on any atom is 0.257 e. The molecule has 142 valence electrons. The van der Waals surface area contributed by atoms with E-state index in [4.69, 9.17) is 4.42 Å². The summed E-state index contributed by atoms with van der Waals surface area (Å²) in [5.74, 6) is 1.36. The molecule has 0 atom stereocenters. The SMILES string of the molecule is CCCCCNC(=O)CCN(CCCCC)C(=O)c1cc(C)oc1C. The highest BCUT2D eigenvalue weighted by Crippen LogP contribution is 2.17. The molecule has 1 aromatic rings. The molecule has 0 bridgehead atoms. The van der Waals surface area contributed by atoms with Crippen LogP contribution in [0.15, 0.2) is 10.5 Å². The van der Waals surface area contributed by atoms with Gasteiger partial charge >= 0.3 is 0 Å². The number of hydrogen-bond acceptors (Lipinski definition) is 3. The maximum atomic E-state index is 12.8. The van der Waals surface area contributed by atoms with Gasteiger partial charge in [-0.2, -0.15) is 0 Å². The smallest absolute Gasteiger partial charge is 0.257 e. The van der Waals surface area contributed by atoms with E-state index >= 15 is 0 Å². The van der Waals surface area contributed by atoms with Gasteiger partial charge in [-0.15, -0.1) is 0 Å². The highest BCUT2D eigenvalue weighted by Gasteiger charge is 2.20. The van der Waals surface area contributed by atoms with E-state index in [1.807, 2.05) is 13.8 Å². The van der Waals surface area contributed by atoms with Crippen LogP contribution in [-0.2, 0) is 4.79 Å². The van der Waals surface area contributed by atoms with Gasteiger partial charge in [0.15, 0.2) is 0 Å². The Morgan fingerprint density at radius 2 is 1.72 bits per heavy atom. The van der Waals surface area contributed by atoms with Gasteiger partial charge in [0.05, 0.1) is 5.56 Å². The van der Waals surface area contributed by atoms with E-state index in [1.165, 1.54) is 0 Å². The number of furan rings is 1. The molecule has 1 N–H and O–H groups in total. The van der Waals surface area contributed by atoms with Gasteiger partial charge in [0.25, 0.3) is 5.91 Å². The third-order valence-electron chi connectivity index (χ3n) is 4.30. The van der Waals surface area contributed by atoms with Crippen molar-refractivity contribution in [3.8, 4) is 0 Å². The minimum Gasteiger partial charge on any atom is -0.466 e. The number of hydrogen-bond donors (Lipinski definition) is 1. The van der Waals surface area contributed by atoms with Gasteiger partial charge in [-0.3, -0.25) is 9.59 Å².